The van der Waals surface area contributed by atoms with Gasteiger partial charge in [0.2, 0.25) is 0 Å². The fourth-order valence-electron chi connectivity index (χ4n) is 2.71. The minimum absolute atomic E-state index is 0.00566. The second-order valence-corrected chi connectivity index (χ2v) is 8.09. The molecule has 3 rings (SSSR count). The van der Waals surface area contributed by atoms with Crippen molar-refractivity contribution in [3.8, 4) is 11.1 Å². The van der Waals surface area contributed by atoms with Crippen LogP contribution in [-0.4, -0.2) is 18.5 Å². The minimum Gasteiger partial charge on any atom is -0.382 e. The zero-order valence-electron chi connectivity index (χ0n) is 15.0. The lowest BCUT2D eigenvalue weighted by Gasteiger charge is -2.14. The Labute approximate surface area is 168 Å². The molecule has 144 valence electrons. The zero-order valence-corrected chi connectivity index (χ0v) is 16.6. The van der Waals surface area contributed by atoms with Crippen molar-refractivity contribution in [1.29, 1.82) is 0 Å². The van der Waals surface area contributed by atoms with E-state index in [1.54, 1.807) is 6.07 Å². The monoisotopic (exact) mass is 415 g/mol. The van der Waals surface area contributed by atoms with Crippen molar-refractivity contribution in [2.45, 2.75) is 13.3 Å². The van der Waals surface area contributed by atoms with Gasteiger partial charge in [-0.25, -0.2) is 4.98 Å². The Balaban J connectivity index is 2.02. The van der Waals surface area contributed by atoms with Crippen molar-refractivity contribution < 1.29 is 13.2 Å². The highest BCUT2D eigenvalue weighted by Gasteiger charge is 2.26. The molecule has 0 saturated heterocycles. The number of hydrogen-bond acceptors (Lipinski definition) is 5. The van der Waals surface area contributed by atoms with Crippen LogP contribution in [0.15, 0.2) is 60.8 Å². The minimum atomic E-state index is -4.40. The fraction of sp³-hybridized carbons (Fsp3) is 0.100. The van der Waals surface area contributed by atoms with Crippen LogP contribution in [0.2, 0.25) is 5.02 Å². The highest BCUT2D eigenvalue weighted by molar-refractivity contribution is 8.07. The highest BCUT2D eigenvalue weighted by atomic mass is 35.5. The molecule has 28 heavy (non-hydrogen) atoms. The van der Waals surface area contributed by atoms with Crippen LogP contribution in [0.4, 0.5) is 11.5 Å². The second kappa shape index (κ2) is 8.00. The Kier molecular flexibility index (Phi) is 5.67. The first kappa shape index (κ1) is 19.9. The lowest BCUT2D eigenvalue weighted by Crippen LogP contribution is -2.24. The smallest absolute Gasteiger partial charge is 0.300 e. The summed E-state index contributed by atoms with van der Waals surface area (Å²) >= 11 is 5.79. The zero-order chi connectivity index (χ0) is 20.3. The maximum atomic E-state index is 12.7. The molecule has 0 bridgehead atoms. The molecule has 0 aliphatic heterocycles. The third-order valence-electron chi connectivity index (χ3n) is 4.19. The van der Waals surface area contributed by atoms with Gasteiger partial charge in [-0.2, -0.15) is 8.42 Å². The van der Waals surface area contributed by atoms with Gasteiger partial charge in [0.1, 0.15) is 5.82 Å². The Bertz CT molecular complexity index is 1130. The van der Waals surface area contributed by atoms with Crippen LogP contribution in [0, 0.1) is 0 Å². The average Bonchev–Trinajstić information content (AvgIpc) is 2.69. The summed E-state index contributed by atoms with van der Waals surface area (Å²) in [4.78, 5) is 16.4. The topological polar surface area (TPSA) is 102 Å². The number of carbonyl (C=O) groups is 1. The lowest BCUT2D eigenvalue weighted by molar-refractivity contribution is 0.107. The Morgan fingerprint density at radius 3 is 2.54 bits per heavy atom. The summed E-state index contributed by atoms with van der Waals surface area (Å²) in [6.45, 7) is 2.02. The van der Waals surface area contributed by atoms with Gasteiger partial charge in [0, 0.05) is 22.3 Å². The molecule has 0 aliphatic carbocycles. The number of pyridine rings is 1. The third kappa shape index (κ3) is 4.16. The van der Waals surface area contributed by atoms with Gasteiger partial charge in [0.05, 0.1) is 5.69 Å². The molecule has 0 fully saturated rings. The largest absolute Gasteiger partial charge is 0.382 e. The summed E-state index contributed by atoms with van der Waals surface area (Å²) in [6.07, 6.45) is 2.31. The van der Waals surface area contributed by atoms with Crippen LogP contribution in [0.1, 0.15) is 22.8 Å². The Hall–Kier alpha value is -2.90. The number of nitrogens with zero attached hydrogens (tertiary/aromatic N) is 1. The number of hydrogen-bond donors (Lipinski definition) is 2. The van der Waals surface area contributed by atoms with Crippen molar-refractivity contribution in [1.82, 2.24) is 4.98 Å². The summed E-state index contributed by atoms with van der Waals surface area (Å²) < 4.78 is 27.6. The van der Waals surface area contributed by atoms with Crippen LogP contribution in [-0.2, 0) is 16.4 Å². The number of rotatable bonds is 5. The van der Waals surface area contributed by atoms with Crippen LogP contribution in [0.25, 0.3) is 11.1 Å². The van der Waals surface area contributed by atoms with Crippen molar-refractivity contribution >= 4 is 38.2 Å². The third-order valence-corrected chi connectivity index (χ3v) is 5.64. The molecule has 6 nitrogen and oxygen atoms in total. The molecule has 0 spiro atoms. The van der Waals surface area contributed by atoms with Gasteiger partial charge in [0.25, 0.3) is 5.12 Å². The van der Waals surface area contributed by atoms with E-state index in [9.17, 15) is 13.2 Å². The summed E-state index contributed by atoms with van der Waals surface area (Å²) in [5.74, 6) is -0.0214. The van der Waals surface area contributed by atoms with Crippen LogP contribution < -0.4 is 10.5 Å². The number of aryl methyl sites for hydroxylation is 1. The van der Waals surface area contributed by atoms with Gasteiger partial charge in [-0.15, -0.1) is 0 Å². The molecule has 3 N–H and O–H groups in total. The van der Waals surface area contributed by atoms with Crippen LogP contribution in [0.5, 0.6) is 0 Å². The first-order valence-corrected chi connectivity index (χ1v) is 10.3. The van der Waals surface area contributed by atoms with Crippen LogP contribution in [0.3, 0.4) is 0 Å². The molecular weight excluding hydrogens is 398 g/mol. The summed E-state index contributed by atoms with van der Waals surface area (Å²) in [6, 6.07) is 14.9. The van der Waals surface area contributed by atoms with E-state index < -0.39 is 15.1 Å². The number of halogens is 1. The standard InChI is InChI=1S/C20H18ClN3O3S/c1-2-13-4-3-5-15(12-13)17-10-11-23-19(22)18(17)24-28(26,27)20(25)14-6-8-16(21)9-7-14/h3-12,24H,2H2,1H3,(H2,22,23). The number of aromatic nitrogens is 1. The number of nitrogens with one attached hydrogen (secondary N) is 1. The summed E-state index contributed by atoms with van der Waals surface area (Å²) in [5, 5.41) is -0.683. The fourth-order valence-corrected chi connectivity index (χ4v) is 3.85. The molecule has 0 aliphatic rings. The van der Waals surface area contributed by atoms with Crippen LogP contribution >= 0.6 is 11.6 Å². The number of carbonyl (C=O) groups excluding carboxylic acids is 1. The van der Waals surface area contributed by atoms with E-state index in [2.05, 4.69) is 9.71 Å². The van der Waals surface area contributed by atoms with Crippen molar-refractivity contribution in [2.75, 3.05) is 10.5 Å². The molecule has 0 unspecified atom stereocenters. The molecule has 3 aromatic rings. The summed E-state index contributed by atoms with van der Waals surface area (Å²) in [5.41, 5.74) is 8.38. The average molecular weight is 416 g/mol. The maximum absolute atomic E-state index is 12.7. The molecule has 0 saturated carbocycles. The Morgan fingerprint density at radius 1 is 1.14 bits per heavy atom. The number of sulfonamides is 1. The predicted octanol–water partition coefficient (Wildman–Crippen LogP) is 4.13. The van der Waals surface area contributed by atoms with Crippen molar-refractivity contribution in [3.63, 3.8) is 0 Å². The molecule has 0 atom stereocenters. The van der Waals surface area contributed by atoms with Gasteiger partial charge in [-0.3, -0.25) is 9.52 Å². The number of anilines is 2. The quantitative estimate of drug-likeness (QED) is 0.652. The SMILES string of the molecule is CCc1cccc(-c2ccnc(N)c2NS(=O)(=O)C(=O)c2ccc(Cl)cc2)c1. The molecule has 0 radical (unpaired) electrons. The Morgan fingerprint density at radius 2 is 1.86 bits per heavy atom. The molecule has 2 aromatic carbocycles. The molecule has 8 heteroatoms. The van der Waals surface area contributed by atoms with Gasteiger partial charge >= 0.3 is 10.0 Å². The molecule has 1 heterocycles. The lowest BCUT2D eigenvalue weighted by atomic mass is 10.0. The maximum Gasteiger partial charge on any atom is 0.300 e. The van der Waals surface area contributed by atoms with E-state index in [1.807, 2.05) is 31.2 Å². The second-order valence-electron chi connectivity index (χ2n) is 6.07. The molecular formula is C20H18ClN3O3S. The molecule has 1 aromatic heterocycles. The van der Waals surface area contributed by atoms with Crippen molar-refractivity contribution in [2.24, 2.45) is 0 Å². The number of benzene rings is 2. The highest BCUT2D eigenvalue weighted by Crippen LogP contribution is 2.33. The molecule has 0 amide bonds. The van der Waals surface area contributed by atoms with Gasteiger partial charge in [-0.05, 0) is 47.9 Å². The van der Waals surface area contributed by atoms with Gasteiger partial charge in [0.15, 0.2) is 0 Å². The van der Waals surface area contributed by atoms with E-state index in [-0.39, 0.29) is 17.1 Å². The number of nitrogens with two attached hydrogens (primary N) is 1. The number of nitrogen functional groups attached to an aromatic ring is 1. The normalized spacial score (nSPS) is 11.2. The summed E-state index contributed by atoms with van der Waals surface area (Å²) in [7, 11) is -4.40. The van der Waals surface area contributed by atoms with E-state index in [1.165, 1.54) is 30.5 Å². The predicted molar refractivity (Wildman–Crippen MR) is 112 cm³/mol. The first-order chi connectivity index (χ1) is 13.3. The van der Waals surface area contributed by atoms with E-state index >= 15 is 0 Å². The van der Waals surface area contributed by atoms with E-state index in [0.717, 1.165) is 17.5 Å². The first-order valence-electron chi connectivity index (χ1n) is 8.48. The van der Waals surface area contributed by atoms with Gasteiger partial charge < -0.3 is 5.73 Å². The van der Waals surface area contributed by atoms with E-state index in [0.29, 0.717) is 10.6 Å². The van der Waals surface area contributed by atoms with Gasteiger partial charge in [-0.1, -0.05) is 42.8 Å². The van der Waals surface area contributed by atoms with E-state index in [4.69, 9.17) is 17.3 Å². The van der Waals surface area contributed by atoms with Crippen molar-refractivity contribution in [3.05, 3.63) is 76.9 Å².